The van der Waals surface area contributed by atoms with Crippen molar-refractivity contribution in [1.29, 1.82) is 0 Å². The van der Waals surface area contributed by atoms with Crippen molar-refractivity contribution in [3.63, 3.8) is 0 Å². The van der Waals surface area contributed by atoms with E-state index in [1.807, 2.05) is 0 Å². The number of fused-ring (bicyclic) bond motifs is 1. The Morgan fingerprint density at radius 1 is 1.18 bits per heavy atom. The molecule has 3 aromatic rings. The predicted octanol–water partition coefficient (Wildman–Crippen LogP) is 6.76. The Labute approximate surface area is 232 Å². The van der Waals surface area contributed by atoms with Crippen LogP contribution in [-0.4, -0.2) is 38.5 Å². The summed E-state index contributed by atoms with van der Waals surface area (Å²) in [5.74, 6) is -2.26. The van der Waals surface area contributed by atoms with Crippen molar-refractivity contribution in [3.8, 4) is 11.5 Å². The van der Waals surface area contributed by atoms with Crippen LogP contribution in [0.1, 0.15) is 30.9 Å². The number of aliphatic carboxylic acids is 1. The van der Waals surface area contributed by atoms with Crippen LogP contribution < -0.4 is 13.8 Å². The lowest BCUT2D eigenvalue weighted by atomic mass is 10.0. The Kier molecular flexibility index (Phi) is 8.31. The molecule has 0 saturated heterocycles. The second-order valence-corrected chi connectivity index (χ2v) is 11.2. The Hall–Kier alpha value is -3.77. The number of carboxylic acids is 1. The maximum atomic E-state index is 14.4. The van der Waals surface area contributed by atoms with E-state index in [2.05, 4.69) is 4.74 Å². The minimum absolute atomic E-state index is 0.0233. The third-order valence-electron chi connectivity index (χ3n) is 5.96. The lowest BCUT2D eigenvalue weighted by Gasteiger charge is -2.35. The molecule has 1 heterocycles. The van der Waals surface area contributed by atoms with Crippen LogP contribution in [-0.2, 0) is 14.8 Å². The smallest absolute Gasteiger partial charge is 0.486 e. The summed E-state index contributed by atoms with van der Waals surface area (Å²) in [7, 11) is -4.48. The summed E-state index contributed by atoms with van der Waals surface area (Å²) in [5.41, 5.74) is 1.13. The summed E-state index contributed by atoms with van der Waals surface area (Å²) >= 11 is 6.17. The van der Waals surface area contributed by atoms with Crippen molar-refractivity contribution in [1.82, 2.24) is 0 Å². The molecule has 7 nitrogen and oxygen atoms in total. The number of carboxylic acid groups (broad SMARTS) is 1. The number of ether oxygens (including phenoxy) is 2. The Balaban J connectivity index is 1.78. The average molecular weight is 600 g/mol. The normalized spacial score (nSPS) is 15.8. The fourth-order valence-electron chi connectivity index (χ4n) is 4.24. The summed E-state index contributed by atoms with van der Waals surface area (Å²) in [6, 6.07) is 12.7. The van der Waals surface area contributed by atoms with Gasteiger partial charge in [-0.1, -0.05) is 35.9 Å². The van der Waals surface area contributed by atoms with Crippen LogP contribution in [0.4, 0.5) is 23.2 Å². The van der Waals surface area contributed by atoms with E-state index in [-0.39, 0.29) is 41.4 Å². The van der Waals surface area contributed by atoms with Gasteiger partial charge in [0.25, 0.3) is 10.0 Å². The highest BCUT2D eigenvalue weighted by atomic mass is 35.5. The van der Waals surface area contributed by atoms with E-state index in [9.17, 15) is 30.8 Å². The number of alkyl halides is 3. The first kappa shape index (κ1) is 29.2. The maximum Gasteiger partial charge on any atom is 0.573 e. The molecule has 0 radical (unpaired) electrons. The Morgan fingerprint density at radius 3 is 2.58 bits per heavy atom. The number of halogens is 5. The molecule has 4 rings (SSSR count). The fourth-order valence-corrected chi connectivity index (χ4v) is 6.08. The van der Waals surface area contributed by atoms with Gasteiger partial charge in [-0.3, -0.25) is 9.10 Å². The van der Waals surface area contributed by atoms with Crippen molar-refractivity contribution < 1.29 is 45.4 Å². The molecule has 1 unspecified atom stereocenters. The third kappa shape index (κ3) is 6.68. The second kappa shape index (κ2) is 11.4. The number of anilines is 1. The number of allylic oxidation sites excluding steroid dienone is 1. The van der Waals surface area contributed by atoms with Gasteiger partial charge in [0.15, 0.2) is 0 Å². The van der Waals surface area contributed by atoms with Crippen LogP contribution in [0, 0.1) is 5.82 Å². The lowest BCUT2D eigenvalue weighted by Crippen LogP contribution is -2.43. The van der Waals surface area contributed by atoms with Crippen molar-refractivity contribution in [2.75, 3.05) is 10.8 Å². The Morgan fingerprint density at radius 2 is 1.90 bits per heavy atom. The van der Waals surface area contributed by atoms with E-state index >= 15 is 0 Å². The lowest BCUT2D eigenvalue weighted by molar-refractivity contribution is -0.274. The highest BCUT2D eigenvalue weighted by molar-refractivity contribution is 7.92. The number of hydrogen-bond donors (Lipinski definition) is 1. The zero-order valence-electron chi connectivity index (χ0n) is 20.8. The van der Waals surface area contributed by atoms with E-state index in [0.29, 0.717) is 11.1 Å². The van der Waals surface area contributed by atoms with Crippen LogP contribution in [0.2, 0.25) is 5.02 Å². The summed E-state index contributed by atoms with van der Waals surface area (Å²) in [6.07, 6.45) is -4.62. The molecular formula is C27H22ClF4NO6S. The van der Waals surface area contributed by atoms with E-state index in [1.54, 1.807) is 19.1 Å². The number of benzene rings is 3. The fraction of sp³-hybridized carbons (Fsp3) is 0.222. The molecule has 0 spiro atoms. The van der Waals surface area contributed by atoms with Gasteiger partial charge >= 0.3 is 12.3 Å². The summed E-state index contributed by atoms with van der Waals surface area (Å²) in [5, 5.41) is 9.27. The minimum Gasteiger partial charge on any atom is -0.486 e. The summed E-state index contributed by atoms with van der Waals surface area (Å²) in [4.78, 5) is 10.6. The molecule has 1 atom stereocenters. The molecule has 40 heavy (non-hydrogen) atoms. The van der Waals surface area contributed by atoms with Crippen molar-refractivity contribution >= 4 is 44.9 Å². The minimum atomic E-state index is -5.03. The van der Waals surface area contributed by atoms with Gasteiger partial charge in [0.05, 0.1) is 22.2 Å². The topological polar surface area (TPSA) is 93.1 Å². The molecule has 1 aliphatic heterocycles. The molecule has 0 bridgehead atoms. The number of rotatable bonds is 8. The first-order valence-corrected chi connectivity index (χ1v) is 13.6. The molecule has 0 aromatic heterocycles. The van der Waals surface area contributed by atoms with Crippen molar-refractivity contribution in [3.05, 3.63) is 82.6 Å². The first-order chi connectivity index (χ1) is 18.7. The van der Waals surface area contributed by atoms with Crippen LogP contribution in [0.3, 0.4) is 0 Å². The molecule has 13 heteroatoms. The van der Waals surface area contributed by atoms with E-state index in [0.717, 1.165) is 28.6 Å². The molecule has 0 fully saturated rings. The molecule has 1 N–H and O–H groups in total. The average Bonchev–Trinajstić information content (AvgIpc) is 2.86. The van der Waals surface area contributed by atoms with Crippen LogP contribution in [0.25, 0.3) is 11.6 Å². The zero-order valence-corrected chi connectivity index (χ0v) is 22.4. The largest absolute Gasteiger partial charge is 0.573 e. The SMILES string of the molecule is CC(=Cc1ccc2c(c1)N(S(=O)(=O)c1cccc(OC(F)(F)F)c1)CC(CCC(=O)O)O2)c1c(F)cccc1Cl. The molecule has 1 aliphatic rings. The Bertz CT molecular complexity index is 1560. The quantitative estimate of drug-likeness (QED) is 0.227. The molecule has 0 saturated carbocycles. The number of carbonyl (C=O) groups is 1. The van der Waals surface area contributed by atoms with Crippen LogP contribution >= 0.6 is 11.6 Å². The second-order valence-electron chi connectivity index (χ2n) is 8.88. The molecular weight excluding hydrogens is 578 g/mol. The van der Waals surface area contributed by atoms with E-state index < -0.39 is 44.9 Å². The highest BCUT2D eigenvalue weighted by Crippen LogP contribution is 2.40. The van der Waals surface area contributed by atoms with Gasteiger partial charge < -0.3 is 14.6 Å². The summed E-state index contributed by atoms with van der Waals surface area (Å²) in [6.45, 7) is 1.32. The molecule has 212 valence electrons. The molecule has 3 aromatic carbocycles. The van der Waals surface area contributed by atoms with Crippen molar-refractivity contribution in [2.45, 2.75) is 37.1 Å². The standard InChI is InChI=1S/C27H22ClF4NO6S/c1-16(26-21(28)6-3-7-22(26)29)12-17-8-10-24-23(13-17)33(15-19(38-24)9-11-25(34)35)40(36,37)20-5-2-4-18(14-20)39-27(30,31)32/h2-8,10,12-14,19H,9,11,15H2,1H3,(H,34,35). The van der Waals surface area contributed by atoms with Gasteiger partial charge in [-0.2, -0.15) is 0 Å². The van der Waals surface area contributed by atoms with Crippen LogP contribution in [0.5, 0.6) is 11.5 Å². The molecule has 0 aliphatic carbocycles. The van der Waals surface area contributed by atoms with Gasteiger partial charge in [-0.15, -0.1) is 13.2 Å². The van der Waals surface area contributed by atoms with Gasteiger partial charge in [-0.25, -0.2) is 12.8 Å². The number of sulfonamides is 1. The van der Waals surface area contributed by atoms with Crippen LogP contribution in [0.15, 0.2) is 65.6 Å². The zero-order chi connectivity index (χ0) is 29.2. The van der Waals surface area contributed by atoms with E-state index in [4.69, 9.17) is 21.4 Å². The predicted molar refractivity (Wildman–Crippen MR) is 140 cm³/mol. The monoisotopic (exact) mass is 599 g/mol. The van der Waals surface area contributed by atoms with Gasteiger partial charge in [0.1, 0.15) is 23.4 Å². The molecule has 0 amide bonds. The van der Waals surface area contributed by atoms with E-state index in [1.165, 1.54) is 30.3 Å². The highest BCUT2D eigenvalue weighted by Gasteiger charge is 2.36. The van der Waals surface area contributed by atoms with Crippen molar-refractivity contribution in [2.24, 2.45) is 0 Å². The summed E-state index contributed by atoms with van der Waals surface area (Å²) < 4.78 is 90.9. The van der Waals surface area contributed by atoms with Gasteiger partial charge in [0, 0.05) is 18.1 Å². The van der Waals surface area contributed by atoms with Gasteiger partial charge in [-0.05, 0) is 60.9 Å². The maximum absolute atomic E-state index is 14.4. The number of hydrogen-bond acceptors (Lipinski definition) is 5. The first-order valence-electron chi connectivity index (χ1n) is 11.8. The van der Waals surface area contributed by atoms with Gasteiger partial charge in [0.2, 0.25) is 0 Å². The number of nitrogens with zero attached hydrogens (tertiary/aromatic N) is 1. The third-order valence-corrected chi connectivity index (χ3v) is 8.05.